The Morgan fingerprint density at radius 2 is 2.07 bits per heavy atom. The van der Waals surface area contributed by atoms with Crippen LogP contribution < -0.4 is 5.32 Å². The average molecular weight is 414 g/mol. The van der Waals surface area contributed by atoms with Gasteiger partial charge in [0.25, 0.3) is 0 Å². The summed E-state index contributed by atoms with van der Waals surface area (Å²) in [4.78, 5) is 31.1. The predicted molar refractivity (Wildman–Crippen MR) is 114 cm³/mol. The first-order valence-corrected chi connectivity index (χ1v) is 10.4. The topological polar surface area (TPSA) is 62.3 Å². The molecule has 1 saturated heterocycles. The number of fused-ring (bicyclic) bond motifs is 1. The summed E-state index contributed by atoms with van der Waals surface area (Å²) in [6.07, 6.45) is 0.252. The van der Waals surface area contributed by atoms with Crippen molar-refractivity contribution in [3.05, 3.63) is 47.5 Å². The maximum Gasteiger partial charge on any atom is 0.229 e. The van der Waals surface area contributed by atoms with E-state index >= 15 is 0 Å². The molecule has 0 unspecified atom stereocenters. The number of thiazole rings is 1. The van der Waals surface area contributed by atoms with Crippen molar-refractivity contribution in [2.24, 2.45) is 5.92 Å². The first-order chi connectivity index (χ1) is 13.4. The highest BCUT2D eigenvalue weighted by Crippen LogP contribution is 2.36. The monoisotopic (exact) mass is 413 g/mol. The fourth-order valence-corrected chi connectivity index (χ4v) is 4.66. The molecule has 1 N–H and O–H groups in total. The number of anilines is 1. The Labute approximate surface area is 172 Å². The number of benzene rings is 2. The zero-order chi connectivity index (χ0) is 19.8. The van der Waals surface area contributed by atoms with Gasteiger partial charge in [-0.3, -0.25) is 9.59 Å². The second kappa shape index (κ2) is 7.53. The van der Waals surface area contributed by atoms with Gasteiger partial charge in [-0.2, -0.15) is 0 Å². The van der Waals surface area contributed by atoms with Crippen LogP contribution in [0.2, 0.25) is 5.02 Å². The van der Waals surface area contributed by atoms with Crippen LogP contribution in [-0.4, -0.2) is 34.3 Å². The van der Waals surface area contributed by atoms with Crippen molar-refractivity contribution in [1.82, 2.24) is 9.88 Å². The molecule has 0 spiro atoms. The predicted octanol–water partition coefficient (Wildman–Crippen LogP) is 4.81. The molecule has 144 valence electrons. The normalized spacial score (nSPS) is 16.9. The van der Waals surface area contributed by atoms with E-state index in [0.717, 1.165) is 20.8 Å². The second-order valence-corrected chi connectivity index (χ2v) is 8.65. The molecule has 1 aromatic heterocycles. The Morgan fingerprint density at radius 1 is 1.29 bits per heavy atom. The molecule has 7 heteroatoms. The first kappa shape index (κ1) is 18.9. The van der Waals surface area contributed by atoms with Crippen LogP contribution in [0.5, 0.6) is 0 Å². The molecule has 3 aromatic rings. The largest absolute Gasteiger partial charge is 0.339 e. The molecule has 0 bridgehead atoms. The molecule has 2 heterocycles. The Hall–Kier alpha value is -2.44. The van der Waals surface area contributed by atoms with Crippen LogP contribution in [0.1, 0.15) is 20.3 Å². The summed E-state index contributed by atoms with van der Waals surface area (Å²) in [6.45, 7) is 4.38. The maximum atomic E-state index is 12.7. The number of aromatic nitrogens is 1. The minimum atomic E-state index is -0.337. The third kappa shape index (κ3) is 3.62. The third-order valence-electron chi connectivity index (χ3n) is 4.91. The molecule has 0 aliphatic carbocycles. The van der Waals surface area contributed by atoms with Crippen molar-refractivity contribution < 1.29 is 9.59 Å². The van der Waals surface area contributed by atoms with Crippen molar-refractivity contribution in [3.8, 4) is 10.6 Å². The van der Waals surface area contributed by atoms with Crippen LogP contribution in [0.3, 0.4) is 0 Å². The summed E-state index contributed by atoms with van der Waals surface area (Å²) in [5, 5.41) is 4.33. The van der Waals surface area contributed by atoms with E-state index in [1.165, 1.54) is 0 Å². The fraction of sp³-hybridized carbons (Fsp3) is 0.286. The van der Waals surface area contributed by atoms with Crippen molar-refractivity contribution in [2.45, 2.75) is 26.3 Å². The number of nitrogens with one attached hydrogen (secondary N) is 1. The van der Waals surface area contributed by atoms with E-state index in [0.29, 0.717) is 17.3 Å². The highest BCUT2D eigenvalue weighted by molar-refractivity contribution is 7.21. The fourth-order valence-electron chi connectivity index (χ4n) is 3.40. The van der Waals surface area contributed by atoms with Crippen molar-refractivity contribution in [3.63, 3.8) is 0 Å². The lowest BCUT2D eigenvalue weighted by molar-refractivity contribution is -0.129. The molecule has 2 aromatic carbocycles. The van der Waals surface area contributed by atoms with E-state index in [9.17, 15) is 9.59 Å². The molecule has 1 atom stereocenters. The van der Waals surface area contributed by atoms with Crippen molar-refractivity contribution >= 4 is 50.7 Å². The number of hydrogen-bond donors (Lipinski definition) is 1. The van der Waals surface area contributed by atoms with Gasteiger partial charge in [0, 0.05) is 30.3 Å². The molecule has 0 saturated carbocycles. The highest BCUT2D eigenvalue weighted by atomic mass is 35.5. The third-order valence-corrected chi connectivity index (χ3v) is 6.31. The van der Waals surface area contributed by atoms with E-state index in [1.54, 1.807) is 28.4 Å². The summed E-state index contributed by atoms with van der Waals surface area (Å²) in [7, 11) is 0. The Morgan fingerprint density at radius 3 is 2.79 bits per heavy atom. The van der Waals surface area contributed by atoms with Crippen molar-refractivity contribution in [1.29, 1.82) is 0 Å². The quantitative estimate of drug-likeness (QED) is 0.667. The lowest BCUT2D eigenvalue weighted by atomic mass is 10.1. The van der Waals surface area contributed by atoms with Crippen LogP contribution in [0.4, 0.5) is 5.69 Å². The molecule has 28 heavy (non-hydrogen) atoms. The van der Waals surface area contributed by atoms with Crippen LogP contribution in [-0.2, 0) is 9.59 Å². The zero-order valence-electron chi connectivity index (χ0n) is 15.6. The standard InChI is InChI=1S/C21H20ClN3O2S/c1-12(2)25-11-13(9-19(25)26)20(27)23-14-7-8-16(22)15(10-14)21-24-17-5-3-4-6-18(17)28-21/h3-8,10,12-13H,9,11H2,1-2H3,(H,23,27)/t13-/m1/s1. The number of carbonyl (C=O) groups is 2. The molecular formula is C21H20ClN3O2S. The van der Waals surface area contributed by atoms with Gasteiger partial charge in [-0.05, 0) is 44.2 Å². The van der Waals surface area contributed by atoms with Gasteiger partial charge in [-0.15, -0.1) is 11.3 Å². The number of rotatable bonds is 4. The van der Waals surface area contributed by atoms with Crippen molar-refractivity contribution in [2.75, 3.05) is 11.9 Å². The summed E-state index contributed by atoms with van der Waals surface area (Å²) in [6, 6.07) is 13.4. The smallest absolute Gasteiger partial charge is 0.229 e. The number of carbonyl (C=O) groups excluding carboxylic acids is 2. The van der Waals surface area contributed by atoms with Crippen LogP contribution in [0.15, 0.2) is 42.5 Å². The highest BCUT2D eigenvalue weighted by Gasteiger charge is 2.35. The average Bonchev–Trinajstić information content (AvgIpc) is 3.26. The molecule has 4 rings (SSSR count). The molecule has 1 aliphatic heterocycles. The first-order valence-electron chi connectivity index (χ1n) is 9.18. The summed E-state index contributed by atoms with van der Waals surface area (Å²) in [5.74, 6) is -0.452. The number of likely N-dealkylation sites (tertiary alicyclic amines) is 1. The van der Waals surface area contributed by atoms with E-state index < -0.39 is 0 Å². The van der Waals surface area contributed by atoms with Gasteiger partial charge in [0.1, 0.15) is 5.01 Å². The van der Waals surface area contributed by atoms with Gasteiger partial charge in [0.05, 0.1) is 21.2 Å². The summed E-state index contributed by atoms with van der Waals surface area (Å²) in [5.41, 5.74) is 2.36. The Kier molecular flexibility index (Phi) is 5.08. The van der Waals surface area contributed by atoms with E-state index in [1.807, 2.05) is 44.2 Å². The van der Waals surface area contributed by atoms with E-state index in [-0.39, 0.29) is 30.2 Å². The lowest BCUT2D eigenvalue weighted by Gasteiger charge is -2.20. The molecule has 2 amide bonds. The molecular weight excluding hydrogens is 394 g/mol. The summed E-state index contributed by atoms with van der Waals surface area (Å²) >= 11 is 7.96. The number of halogens is 1. The van der Waals surface area contributed by atoms with Gasteiger partial charge >= 0.3 is 0 Å². The molecule has 5 nitrogen and oxygen atoms in total. The maximum absolute atomic E-state index is 12.7. The number of nitrogens with zero attached hydrogens (tertiary/aromatic N) is 2. The Bertz CT molecular complexity index is 1030. The SMILES string of the molecule is CC(C)N1C[C@H](C(=O)Nc2ccc(Cl)c(-c3nc4ccccc4s3)c2)CC1=O. The minimum absolute atomic E-state index is 0.0291. The van der Waals surface area contributed by atoms with Gasteiger partial charge in [0.2, 0.25) is 11.8 Å². The lowest BCUT2D eigenvalue weighted by Crippen LogP contribution is -2.33. The van der Waals surface area contributed by atoms with Gasteiger partial charge in [-0.25, -0.2) is 4.98 Å². The van der Waals surface area contributed by atoms with Gasteiger partial charge in [-0.1, -0.05) is 23.7 Å². The van der Waals surface area contributed by atoms with Crippen LogP contribution in [0, 0.1) is 5.92 Å². The molecule has 0 radical (unpaired) electrons. The van der Waals surface area contributed by atoms with E-state index in [4.69, 9.17) is 11.6 Å². The van der Waals surface area contributed by atoms with Gasteiger partial charge in [0.15, 0.2) is 0 Å². The second-order valence-electron chi connectivity index (χ2n) is 7.21. The van der Waals surface area contributed by atoms with Gasteiger partial charge < -0.3 is 10.2 Å². The summed E-state index contributed by atoms with van der Waals surface area (Å²) < 4.78 is 1.08. The minimum Gasteiger partial charge on any atom is -0.339 e. The van der Waals surface area contributed by atoms with E-state index in [2.05, 4.69) is 10.3 Å². The number of amides is 2. The number of hydrogen-bond acceptors (Lipinski definition) is 4. The zero-order valence-corrected chi connectivity index (χ0v) is 17.2. The Balaban J connectivity index is 1.56. The van der Waals surface area contributed by atoms with Crippen LogP contribution >= 0.6 is 22.9 Å². The molecule has 1 aliphatic rings. The number of para-hydroxylation sites is 1. The molecule has 1 fully saturated rings. The van der Waals surface area contributed by atoms with Crippen LogP contribution in [0.25, 0.3) is 20.8 Å².